The highest BCUT2D eigenvalue weighted by molar-refractivity contribution is 7.11. The Morgan fingerprint density at radius 1 is 1.14 bits per heavy atom. The van der Waals surface area contributed by atoms with E-state index < -0.39 is 12.0 Å². The van der Waals surface area contributed by atoms with Gasteiger partial charge in [-0.05, 0) is 26.0 Å². The van der Waals surface area contributed by atoms with Gasteiger partial charge in [0.25, 0.3) is 0 Å². The molecule has 0 atom stereocenters. The van der Waals surface area contributed by atoms with Gasteiger partial charge in [0.1, 0.15) is 11.6 Å². The normalized spacial score (nSPS) is 11.5. The lowest BCUT2D eigenvalue weighted by atomic mass is 10.4. The quantitative estimate of drug-likeness (QED) is 0.878. The summed E-state index contributed by atoms with van der Waals surface area (Å²) in [6.07, 6.45) is -4.57. The number of hydrogen-bond acceptors (Lipinski definition) is 5. The van der Waals surface area contributed by atoms with Crippen LogP contribution in [0, 0.1) is 6.92 Å². The van der Waals surface area contributed by atoms with Gasteiger partial charge in [-0.15, -0.1) is 11.3 Å². The summed E-state index contributed by atoms with van der Waals surface area (Å²) in [4.78, 5) is 9.18. The van der Waals surface area contributed by atoms with Gasteiger partial charge in [-0.3, -0.25) is 0 Å². The van der Waals surface area contributed by atoms with E-state index in [1.165, 1.54) is 6.07 Å². The van der Waals surface area contributed by atoms with Gasteiger partial charge in [0.2, 0.25) is 5.82 Å². The largest absolute Gasteiger partial charge is 0.451 e. The van der Waals surface area contributed by atoms with E-state index in [-0.39, 0.29) is 11.6 Å². The summed E-state index contributed by atoms with van der Waals surface area (Å²) in [6, 6.07) is 5.37. The van der Waals surface area contributed by atoms with Crippen LogP contribution in [0.3, 0.4) is 0 Å². The third-order valence-corrected chi connectivity index (χ3v) is 3.58. The van der Waals surface area contributed by atoms with Crippen LogP contribution in [0.2, 0.25) is 0 Å². The maximum atomic E-state index is 12.8. The topological polar surface area (TPSA) is 49.8 Å². The summed E-state index contributed by atoms with van der Waals surface area (Å²) in [7, 11) is 0. The molecule has 114 valence electrons. The third kappa shape index (κ3) is 4.32. The first-order valence-electron chi connectivity index (χ1n) is 6.38. The molecule has 0 saturated carbocycles. The summed E-state index contributed by atoms with van der Waals surface area (Å²) in [6.45, 7) is 4.68. The van der Waals surface area contributed by atoms with Crippen LogP contribution in [-0.4, -0.2) is 16.5 Å². The molecule has 0 saturated heterocycles. The average molecular weight is 316 g/mol. The zero-order valence-corrected chi connectivity index (χ0v) is 12.4. The maximum absolute atomic E-state index is 12.8. The van der Waals surface area contributed by atoms with Gasteiger partial charge < -0.3 is 10.6 Å². The van der Waals surface area contributed by atoms with Crippen LogP contribution in [0.4, 0.5) is 24.8 Å². The fraction of sp³-hybridized carbons (Fsp3) is 0.385. The van der Waals surface area contributed by atoms with E-state index in [4.69, 9.17) is 0 Å². The van der Waals surface area contributed by atoms with Crippen LogP contribution >= 0.6 is 11.3 Å². The first kappa shape index (κ1) is 15.6. The van der Waals surface area contributed by atoms with Crippen molar-refractivity contribution in [2.24, 2.45) is 0 Å². The molecule has 2 heterocycles. The molecule has 2 aromatic rings. The summed E-state index contributed by atoms with van der Waals surface area (Å²) in [5.74, 6) is -0.838. The summed E-state index contributed by atoms with van der Waals surface area (Å²) >= 11 is 1.59. The molecule has 0 fully saturated rings. The molecule has 2 aromatic heterocycles. The number of anilines is 2. The molecule has 0 radical (unpaired) electrons. The van der Waals surface area contributed by atoms with Gasteiger partial charge in [0.05, 0.1) is 6.54 Å². The maximum Gasteiger partial charge on any atom is 0.451 e. The second kappa shape index (κ2) is 6.30. The summed E-state index contributed by atoms with van der Waals surface area (Å²) < 4.78 is 38.3. The van der Waals surface area contributed by atoms with E-state index in [1.54, 1.807) is 18.3 Å². The Morgan fingerprint density at radius 2 is 1.81 bits per heavy atom. The fourth-order valence-electron chi connectivity index (χ4n) is 1.69. The number of alkyl halides is 3. The standard InChI is InChI=1S/C13H15F3N4S/c1-3-17-10-6-11(20-12(19-10)13(14,15)16)18-7-9-5-4-8(2)21-9/h4-6H,3,7H2,1-2H3,(H2,17,18,19,20). The number of nitrogens with one attached hydrogen (secondary N) is 2. The molecule has 0 amide bonds. The van der Waals surface area contributed by atoms with Crippen LogP contribution in [0.25, 0.3) is 0 Å². The van der Waals surface area contributed by atoms with Gasteiger partial charge >= 0.3 is 6.18 Å². The van der Waals surface area contributed by atoms with E-state index in [9.17, 15) is 13.2 Å². The van der Waals surface area contributed by atoms with Crippen LogP contribution < -0.4 is 10.6 Å². The van der Waals surface area contributed by atoms with Gasteiger partial charge in [-0.25, -0.2) is 9.97 Å². The van der Waals surface area contributed by atoms with Crippen molar-refractivity contribution >= 4 is 23.0 Å². The smallest absolute Gasteiger partial charge is 0.370 e. The van der Waals surface area contributed by atoms with Crippen LogP contribution in [0.15, 0.2) is 18.2 Å². The van der Waals surface area contributed by atoms with E-state index >= 15 is 0 Å². The molecule has 0 aliphatic rings. The number of aryl methyl sites for hydroxylation is 1. The van der Waals surface area contributed by atoms with Crippen molar-refractivity contribution < 1.29 is 13.2 Å². The molecule has 0 aliphatic carbocycles. The number of nitrogens with zero attached hydrogens (tertiary/aromatic N) is 2. The zero-order chi connectivity index (χ0) is 15.5. The Kier molecular flexibility index (Phi) is 4.66. The average Bonchev–Trinajstić information content (AvgIpc) is 2.81. The Labute approximate surface area is 124 Å². The van der Waals surface area contributed by atoms with Crippen molar-refractivity contribution in [2.75, 3.05) is 17.2 Å². The lowest BCUT2D eigenvalue weighted by Gasteiger charge is -2.11. The minimum atomic E-state index is -4.57. The predicted molar refractivity (Wildman–Crippen MR) is 77.6 cm³/mol. The molecular weight excluding hydrogens is 301 g/mol. The van der Waals surface area contributed by atoms with Crippen molar-refractivity contribution in [2.45, 2.75) is 26.6 Å². The highest BCUT2D eigenvalue weighted by atomic mass is 32.1. The second-order valence-corrected chi connectivity index (χ2v) is 5.73. The SMILES string of the molecule is CCNc1cc(NCc2ccc(C)s2)nc(C(F)(F)F)n1. The van der Waals surface area contributed by atoms with Crippen LogP contribution in [0.1, 0.15) is 22.5 Å². The number of thiophene rings is 1. The lowest BCUT2D eigenvalue weighted by Crippen LogP contribution is -2.15. The Hall–Kier alpha value is -1.83. The first-order valence-corrected chi connectivity index (χ1v) is 7.19. The van der Waals surface area contributed by atoms with Gasteiger partial charge in [-0.1, -0.05) is 0 Å². The predicted octanol–water partition coefficient (Wildman–Crippen LogP) is 3.91. The minimum absolute atomic E-state index is 0.152. The molecule has 0 aliphatic heterocycles. The second-order valence-electron chi connectivity index (χ2n) is 4.36. The van der Waals surface area contributed by atoms with Crippen molar-refractivity contribution in [1.82, 2.24) is 9.97 Å². The van der Waals surface area contributed by atoms with Crippen LogP contribution in [-0.2, 0) is 12.7 Å². The molecule has 2 N–H and O–H groups in total. The number of aromatic nitrogens is 2. The monoisotopic (exact) mass is 316 g/mol. The Morgan fingerprint density at radius 3 is 2.33 bits per heavy atom. The molecule has 0 spiro atoms. The van der Waals surface area contributed by atoms with Gasteiger partial charge in [-0.2, -0.15) is 13.2 Å². The lowest BCUT2D eigenvalue weighted by molar-refractivity contribution is -0.144. The number of rotatable bonds is 5. The van der Waals surface area contributed by atoms with Crippen molar-refractivity contribution in [3.8, 4) is 0 Å². The van der Waals surface area contributed by atoms with Gasteiger partial charge in [0, 0.05) is 22.4 Å². The Balaban J connectivity index is 2.19. The van der Waals surface area contributed by atoms with Crippen LogP contribution in [0.5, 0.6) is 0 Å². The van der Waals surface area contributed by atoms with E-state index in [0.29, 0.717) is 13.1 Å². The molecule has 2 rings (SSSR count). The highest BCUT2D eigenvalue weighted by Crippen LogP contribution is 2.28. The van der Waals surface area contributed by atoms with Crippen molar-refractivity contribution in [1.29, 1.82) is 0 Å². The fourth-order valence-corrected chi connectivity index (χ4v) is 2.52. The minimum Gasteiger partial charge on any atom is -0.370 e. The molecule has 0 aromatic carbocycles. The molecule has 8 heteroatoms. The molecule has 4 nitrogen and oxygen atoms in total. The van der Waals surface area contributed by atoms with E-state index in [2.05, 4.69) is 20.6 Å². The van der Waals surface area contributed by atoms with E-state index in [0.717, 1.165) is 9.75 Å². The van der Waals surface area contributed by atoms with E-state index in [1.807, 2.05) is 19.1 Å². The Bertz CT molecular complexity index is 610. The summed E-state index contributed by atoms with van der Waals surface area (Å²) in [5.41, 5.74) is 0. The summed E-state index contributed by atoms with van der Waals surface area (Å²) in [5, 5.41) is 5.68. The van der Waals surface area contributed by atoms with Crippen molar-refractivity contribution in [3.63, 3.8) is 0 Å². The number of hydrogen-bond donors (Lipinski definition) is 2. The molecule has 21 heavy (non-hydrogen) atoms. The number of halogens is 3. The third-order valence-electron chi connectivity index (χ3n) is 2.58. The highest BCUT2D eigenvalue weighted by Gasteiger charge is 2.35. The van der Waals surface area contributed by atoms with Gasteiger partial charge in [0.15, 0.2) is 0 Å². The van der Waals surface area contributed by atoms with Crippen molar-refractivity contribution in [3.05, 3.63) is 33.8 Å². The zero-order valence-electron chi connectivity index (χ0n) is 11.6. The molecule has 0 unspecified atom stereocenters. The molecule has 0 bridgehead atoms. The molecular formula is C13H15F3N4S. The first-order chi connectivity index (χ1) is 9.88.